The minimum Gasteiger partial charge on any atom is -0.480 e. The molecule has 17 heavy (non-hydrogen) atoms. The normalized spacial score (nSPS) is 10.0. The van der Waals surface area contributed by atoms with E-state index in [2.05, 4.69) is 15.0 Å². The number of hydrogen-bond donors (Lipinski definition) is 0. The zero-order valence-electron chi connectivity index (χ0n) is 9.45. The fourth-order valence-electron chi connectivity index (χ4n) is 1.17. The van der Waals surface area contributed by atoms with E-state index >= 15 is 0 Å². The summed E-state index contributed by atoms with van der Waals surface area (Å²) in [5, 5.41) is 0.861. The van der Waals surface area contributed by atoms with Crippen LogP contribution in [-0.4, -0.2) is 29.2 Å². The summed E-state index contributed by atoms with van der Waals surface area (Å²) in [5.74, 6) is 0.479. The topological polar surface area (TPSA) is 57.1 Å². The molecule has 0 N–H and O–H groups in total. The van der Waals surface area contributed by atoms with Crippen molar-refractivity contribution in [2.45, 2.75) is 9.92 Å². The third kappa shape index (κ3) is 2.85. The summed E-state index contributed by atoms with van der Waals surface area (Å²) in [7, 11) is 3.07. The van der Waals surface area contributed by atoms with E-state index in [4.69, 9.17) is 9.47 Å². The molecule has 0 atom stereocenters. The van der Waals surface area contributed by atoms with E-state index in [1.807, 2.05) is 18.2 Å². The molecule has 0 fully saturated rings. The minimum atomic E-state index is 0.284. The molecule has 0 aromatic carbocycles. The van der Waals surface area contributed by atoms with Crippen LogP contribution in [0.1, 0.15) is 0 Å². The lowest BCUT2D eigenvalue weighted by atomic mass is 10.5. The van der Waals surface area contributed by atoms with Crippen molar-refractivity contribution in [3.8, 4) is 11.9 Å². The molecule has 5 nitrogen and oxygen atoms in total. The van der Waals surface area contributed by atoms with Gasteiger partial charge in [-0.3, -0.25) is 0 Å². The molecule has 2 aromatic heterocycles. The Labute approximate surface area is 103 Å². The van der Waals surface area contributed by atoms with E-state index in [0.29, 0.717) is 5.88 Å². The molecule has 88 valence electrons. The zero-order chi connectivity index (χ0) is 12.1. The van der Waals surface area contributed by atoms with Crippen molar-refractivity contribution in [1.82, 2.24) is 15.0 Å². The van der Waals surface area contributed by atoms with Crippen LogP contribution in [0.5, 0.6) is 11.9 Å². The third-order valence-corrected chi connectivity index (χ3v) is 2.88. The molecule has 0 amide bonds. The van der Waals surface area contributed by atoms with Crippen molar-refractivity contribution < 1.29 is 9.47 Å². The largest absolute Gasteiger partial charge is 0.480 e. The van der Waals surface area contributed by atoms with Crippen LogP contribution < -0.4 is 9.47 Å². The molecule has 6 heteroatoms. The van der Waals surface area contributed by atoms with Gasteiger partial charge >= 0.3 is 6.01 Å². The fourth-order valence-corrected chi connectivity index (χ4v) is 1.98. The molecule has 2 rings (SSSR count). The Hall–Kier alpha value is -1.82. The molecule has 0 unspecified atom stereocenters. The van der Waals surface area contributed by atoms with Gasteiger partial charge in [-0.05, 0) is 12.1 Å². The first-order valence-corrected chi connectivity index (χ1v) is 5.69. The van der Waals surface area contributed by atoms with Gasteiger partial charge in [0.2, 0.25) is 5.88 Å². The molecule has 0 saturated carbocycles. The molecule has 0 aliphatic heterocycles. The molecular formula is C11H11N3O2S. The SMILES string of the molecule is COc1ncc(Sc2ccccn2)c(OC)n1. The Bertz CT molecular complexity index is 493. The summed E-state index contributed by atoms with van der Waals surface area (Å²) in [6, 6.07) is 5.99. The van der Waals surface area contributed by atoms with E-state index in [1.54, 1.807) is 19.5 Å². The summed E-state index contributed by atoms with van der Waals surface area (Å²) in [4.78, 5) is 13.2. The first-order chi connectivity index (χ1) is 8.33. The van der Waals surface area contributed by atoms with Crippen LogP contribution in [0.4, 0.5) is 0 Å². The number of ether oxygens (including phenoxy) is 2. The predicted molar refractivity (Wildman–Crippen MR) is 63.5 cm³/mol. The minimum absolute atomic E-state index is 0.284. The highest BCUT2D eigenvalue weighted by Crippen LogP contribution is 2.32. The number of methoxy groups -OCH3 is 2. The molecule has 2 heterocycles. The maximum absolute atomic E-state index is 5.18. The number of nitrogens with zero attached hydrogens (tertiary/aromatic N) is 3. The molecular weight excluding hydrogens is 238 g/mol. The summed E-state index contributed by atoms with van der Waals surface area (Å²) in [5.41, 5.74) is 0. The van der Waals surface area contributed by atoms with Gasteiger partial charge in [-0.15, -0.1) is 0 Å². The zero-order valence-corrected chi connectivity index (χ0v) is 10.3. The summed E-state index contributed by atoms with van der Waals surface area (Å²) >= 11 is 1.44. The van der Waals surface area contributed by atoms with E-state index in [1.165, 1.54) is 18.9 Å². The van der Waals surface area contributed by atoms with Crippen molar-refractivity contribution in [3.05, 3.63) is 30.6 Å². The van der Waals surface area contributed by atoms with Crippen molar-refractivity contribution in [1.29, 1.82) is 0 Å². The van der Waals surface area contributed by atoms with Crippen LogP contribution in [0.2, 0.25) is 0 Å². The number of rotatable bonds is 4. The average molecular weight is 249 g/mol. The van der Waals surface area contributed by atoms with Gasteiger partial charge in [0.05, 0.1) is 25.3 Å². The highest BCUT2D eigenvalue weighted by molar-refractivity contribution is 7.99. The van der Waals surface area contributed by atoms with Gasteiger partial charge in [0.1, 0.15) is 5.03 Å². The second-order valence-electron chi connectivity index (χ2n) is 3.00. The van der Waals surface area contributed by atoms with Crippen LogP contribution in [0.15, 0.2) is 40.5 Å². The third-order valence-electron chi connectivity index (χ3n) is 1.93. The van der Waals surface area contributed by atoms with Crippen LogP contribution in [0.3, 0.4) is 0 Å². The second kappa shape index (κ2) is 5.49. The van der Waals surface area contributed by atoms with Gasteiger partial charge in [-0.25, -0.2) is 9.97 Å². The Morgan fingerprint density at radius 3 is 2.65 bits per heavy atom. The first-order valence-electron chi connectivity index (χ1n) is 4.87. The second-order valence-corrected chi connectivity index (χ2v) is 4.06. The maximum atomic E-state index is 5.18. The number of hydrogen-bond acceptors (Lipinski definition) is 6. The standard InChI is InChI=1S/C11H11N3O2S/c1-15-10-8(7-13-11(14-10)16-2)17-9-5-3-4-6-12-9/h3-7H,1-2H3. The van der Waals surface area contributed by atoms with Gasteiger partial charge in [-0.1, -0.05) is 17.8 Å². The van der Waals surface area contributed by atoms with Crippen molar-refractivity contribution in [2.24, 2.45) is 0 Å². The van der Waals surface area contributed by atoms with Crippen LogP contribution in [0.25, 0.3) is 0 Å². The van der Waals surface area contributed by atoms with Crippen molar-refractivity contribution in [2.75, 3.05) is 14.2 Å². The molecule has 0 bridgehead atoms. The lowest BCUT2D eigenvalue weighted by molar-refractivity contribution is 0.345. The van der Waals surface area contributed by atoms with Gasteiger partial charge < -0.3 is 9.47 Å². The summed E-state index contributed by atoms with van der Waals surface area (Å²) in [6.07, 6.45) is 3.39. The molecule has 2 aromatic rings. The van der Waals surface area contributed by atoms with Crippen LogP contribution >= 0.6 is 11.8 Å². The summed E-state index contributed by atoms with van der Waals surface area (Å²) in [6.45, 7) is 0. The van der Waals surface area contributed by atoms with E-state index in [-0.39, 0.29) is 6.01 Å². The van der Waals surface area contributed by atoms with Crippen LogP contribution in [-0.2, 0) is 0 Å². The quantitative estimate of drug-likeness (QED) is 0.826. The Balaban J connectivity index is 2.26. The fraction of sp³-hybridized carbons (Fsp3) is 0.182. The van der Waals surface area contributed by atoms with Gasteiger partial charge in [0.25, 0.3) is 0 Å². The lowest BCUT2D eigenvalue weighted by Crippen LogP contribution is -1.96. The first kappa shape index (κ1) is 11.7. The molecule has 0 spiro atoms. The van der Waals surface area contributed by atoms with Crippen molar-refractivity contribution >= 4 is 11.8 Å². The molecule has 0 aliphatic rings. The summed E-state index contributed by atoms with van der Waals surface area (Å²) < 4.78 is 10.1. The number of aromatic nitrogens is 3. The molecule has 0 radical (unpaired) electrons. The van der Waals surface area contributed by atoms with Crippen LogP contribution in [0, 0.1) is 0 Å². The Morgan fingerprint density at radius 2 is 2.00 bits per heavy atom. The van der Waals surface area contributed by atoms with Gasteiger partial charge in [-0.2, -0.15) is 4.98 Å². The highest BCUT2D eigenvalue weighted by atomic mass is 32.2. The maximum Gasteiger partial charge on any atom is 0.319 e. The van der Waals surface area contributed by atoms with E-state index < -0.39 is 0 Å². The Kier molecular flexibility index (Phi) is 3.77. The number of pyridine rings is 1. The monoisotopic (exact) mass is 249 g/mol. The highest BCUT2D eigenvalue weighted by Gasteiger charge is 2.09. The average Bonchev–Trinajstić information content (AvgIpc) is 2.40. The van der Waals surface area contributed by atoms with Crippen molar-refractivity contribution in [3.63, 3.8) is 0 Å². The van der Waals surface area contributed by atoms with E-state index in [9.17, 15) is 0 Å². The van der Waals surface area contributed by atoms with E-state index in [0.717, 1.165) is 9.92 Å². The predicted octanol–water partition coefficient (Wildman–Crippen LogP) is 2.04. The lowest BCUT2D eigenvalue weighted by Gasteiger charge is -2.06. The smallest absolute Gasteiger partial charge is 0.319 e. The Morgan fingerprint density at radius 1 is 1.12 bits per heavy atom. The molecule has 0 aliphatic carbocycles. The van der Waals surface area contributed by atoms with Gasteiger partial charge in [0.15, 0.2) is 0 Å². The van der Waals surface area contributed by atoms with Gasteiger partial charge in [0, 0.05) is 6.20 Å². The molecule has 0 saturated heterocycles.